The van der Waals surface area contributed by atoms with Gasteiger partial charge in [-0.1, -0.05) is 11.8 Å². The van der Waals surface area contributed by atoms with E-state index in [9.17, 15) is 19.3 Å². The highest BCUT2D eigenvalue weighted by atomic mass is 32.2. The van der Waals surface area contributed by atoms with Crippen LogP contribution in [0.15, 0.2) is 40.1 Å². The molecule has 3 rings (SSSR count). The minimum absolute atomic E-state index is 0.0507. The summed E-state index contributed by atoms with van der Waals surface area (Å²) in [4.78, 5) is 22.3. The Hall–Kier alpha value is -3.21. The zero-order valence-electron chi connectivity index (χ0n) is 14.3. The van der Waals surface area contributed by atoms with Gasteiger partial charge >= 0.3 is 0 Å². The second-order valence-electron chi connectivity index (χ2n) is 5.51. The lowest BCUT2D eigenvalue weighted by Crippen LogP contribution is -2.15. The number of thioether (sulfide) groups is 1. The summed E-state index contributed by atoms with van der Waals surface area (Å²) >= 11 is 1.12. The second kappa shape index (κ2) is 7.58. The summed E-state index contributed by atoms with van der Waals surface area (Å²) in [7, 11) is 1.76. The third kappa shape index (κ3) is 3.97. The molecule has 0 aliphatic heterocycles. The quantitative estimate of drug-likeness (QED) is 0.390. The maximum absolute atomic E-state index is 13.2. The number of amides is 1. The second-order valence-corrected chi connectivity index (χ2v) is 6.45. The number of nitro groups is 1. The fourth-order valence-corrected chi connectivity index (χ4v) is 3.08. The summed E-state index contributed by atoms with van der Waals surface area (Å²) in [6, 6.07) is 4.72. The third-order valence-electron chi connectivity index (χ3n) is 3.70. The van der Waals surface area contributed by atoms with Crippen molar-refractivity contribution in [3.05, 3.63) is 52.2 Å². The molecular weight excluding hydrogens is 377 g/mol. The van der Waals surface area contributed by atoms with E-state index in [1.54, 1.807) is 30.9 Å². The fourth-order valence-electron chi connectivity index (χ4n) is 2.37. The monoisotopic (exact) mass is 391 g/mol. The zero-order valence-corrected chi connectivity index (χ0v) is 15.1. The van der Waals surface area contributed by atoms with Gasteiger partial charge in [-0.15, -0.1) is 10.2 Å². The van der Waals surface area contributed by atoms with Gasteiger partial charge in [0.05, 0.1) is 28.6 Å². The number of hydrogen-bond donors (Lipinski definition) is 1. The molecule has 0 aliphatic rings. The zero-order chi connectivity index (χ0) is 19.6. The molecule has 0 bridgehead atoms. The minimum atomic E-state index is -0.756. The van der Waals surface area contributed by atoms with E-state index in [0.717, 1.165) is 35.5 Å². The van der Waals surface area contributed by atoms with E-state index >= 15 is 0 Å². The molecule has 1 aromatic carbocycles. The fraction of sp³-hybridized carbons (Fsp3) is 0.188. The summed E-state index contributed by atoms with van der Waals surface area (Å²) < 4.78 is 20.1. The van der Waals surface area contributed by atoms with Gasteiger partial charge < -0.3 is 14.3 Å². The Bertz CT molecular complexity index is 1020. The van der Waals surface area contributed by atoms with Crippen molar-refractivity contribution < 1.29 is 18.5 Å². The van der Waals surface area contributed by atoms with Crippen molar-refractivity contribution in [1.82, 2.24) is 14.8 Å². The lowest BCUT2D eigenvalue weighted by molar-refractivity contribution is -0.384. The molecule has 9 nitrogen and oxygen atoms in total. The standard InChI is InChI=1S/C16H14FN5O4S/c1-9-11(5-6-26-9)15-19-20-16(21(15)2)27-8-14(23)18-12-4-3-10(17)7-13(12)22(24)25/h3-7H,8H2,1-2H3,(H,18,23). The van der Waals surface area contributed by atoms with Crippen LogP contribution in [0.2, 0.25) is 0 Å². The Morgan fingerprint density at radius 1 is 1.41 bits per heavy atom. The Balaban J connectivity index is 1.68. The molecule has 27 heavy (non-hydrogen) atoms. The number of benzene rings is 1. The van der Waals surface area contributed by atoms with E-state index in [1.165, 1.54) is 0 Å². The summed E-state index contributed by atoms with van der Waals surface area (Å²) in [6.07, 6.45) is 1.55. The van der Waals surface area contributed by atoms with E-state index in [2.05, 4.69) is 15.5 Å². The van der Waals surface area contributed by atoms with Crippen molar-refractivity contribution in [3.8, 4) is 11.4 Å². The molecule has 0 saturated carbocycles. The molecule has 0 radical (unpaired) electrons. The minimum Gasteiger partial charge on any atom is -0.469 e. The van der Waals surface area contributed by atoms with Crippen LogP contribution in [0.3, 0.4) is 0 Å². The number of nitro benzene ring substituents is 1. The van der Waals surface area contributed by atoms with Crippen LogP contribution in [0.1, 0.15) is 5.76 Å². The molecule has 2 heterocycles. The lowest BCUT2D eigenvalue weighted by Gasteiger charge is -2.06. The number of carbonyl (C=O) groups excluding carboxylic acids is 1. The highest BCUT2D eigenvalue weighted by molar-refractivity contribution is 7.99. The van der Waals surface area contributed by atoms with Gasteiger partial charge in [-0.3, -0.25) is 14.9 Å². The number of rotatable bonds is 6. The number of halogens is 1. The lowest BCUT2D eigenvalue weighted by atomic mass is 10.2. The van der Waals surface area contributed by atoms with Crippen LogP contribution in [-0.2, 0) is 11.8 Å². The Morgan fingerprint density at radius 3 is 2.85 bits per heavy atom. The molecule has 2 aromatic heterocycles. The number of nitrogens with zero attached hydrogens (tertiary/aromatic N) is 4. The first kappa shape index (κ1) is 18.6. The smallest absolute Gasteiger partial charge is 0.295 e. The molecule has 0 saturated heterocycles. The molecule has 0 atom stereocenters. The van der Waals surface area contributed by atoms with Crippen LogP contribution in [0.5, 0.6) is 0 Å². The molecule has 0 fully saturated rings. The molecule has 140 valence electrons. The Labute approximate surface area is 156 Å². The van der Waals surface area contributed by atoms with Gasteiger partial charge in [-0.25, -0.2) is 4.39 Å². The van der Waals surface area contributed by atoms with Crippen LogP contribution in [0, 0.1) is 22.9 Å². The van der Waals surface area contributed by atoms with E-state index in [0.29, 0.717) is 16.7 Å². The SMILES string of the molecule is Cc1occc1-c1nnc(SCC(=O)Nc2ccc(F)cc2[N+](=O)[O-])n1C. The summed E-state index contributed by atoms with van der Waals surface area (Å²) in [5, 5.41) is 22.0. The summed E-state index contributed by atoms with van der Waals surface area (Å²) in [5.41, 5.74) is 0.215. The predicted molar refractivity (Wildman–Crippen MR) is 95.9 cm³/mol. The van der Waals surface area contributed by atoms with E-state index in [4.69, 9.17) is 4.42 Å². The van der Waals surface area contributed by atoms with Gasteiger partial charge in [0.25, 0.3) is 5.69 Å². The van der Waals surface area contributed by atoms with Crippen LogP contribution >= 0.6 is 11.8 Å². The van der Waals surface area contributed by atoms with Crippen LogP contribution < -0.4 is 5.32 Å². The van der Waals surface area contributed by atoms with E-state index in [1.807, 2.05) is 0 Å². The molecule has 3 aromatic rings. The van der Waals surface area contributed by atoms with Crippen molar-refractivity contribution >= 4 is 29.0 Å². The van der Waals surface area contributed by atoms with Gasteiger partial charge in [0, 0.05) is 7.05 Å². The van der Waals surface area contributed by atoms with Crippen molar-refractivity contribution in [2.75, 3.05) is 11.1 Å². The number of carbonyl (C=O) groups is 1. The topological polar surface area (TPSA) is 116 Å². The van der Waals surface area contributed by atoms with Crippen molar-refractivity contribution in [3.63, 3.8) is 0 Å². The first-order valence-electron chi connectivity index (χ1n) is 7.67. The van der Waals surface area contributed by atoms with Gasteiger partial charge in [-0.05, 0) is 25.1 Å². The molecule has 1 N–H and O–H groups in total. The number of hydrogen-bond acceptors (Lipinski definition) is 7. The Morgan fingerprint density at radius 2 is 2.19 bits per heavy atom. The first-order chi connectivity index (χ1) is 12.9. The van der Waals surface area contributed by atoms with Gasteiger partial charge in [0.2, 0.25) is 5.91 Å². The molecule has 1 amide bonds. The number of aryl methyl sites for hydroxylation is 1. The van der Waals surface area contributed by atoms with Gasteiger partial charge in [-0.2, -0.15) is 0 Å². The van der Waals surface area contributed by atoms with Crippen LogP contribution in [0.4, 0.5) is 15.8 Å². The van der Waals surface area contributed by atoms with E-state index in [-0.39, 0.29) is 11.4 Å². The molecular formula is C16H14FN5O4S. The number of anilines is 1. The number of furan rings is 1. The summed E-state index contributed by atoms with van der Waals surface area (Å²) in [6.45, 7) is 1.81. The first-order valence-corrected chi connectivity index (χ1v) is 8.66. The molecule has 0 spiro atoms. The Kier molecular flexibility index (Phi) is 5.21. The van der Waals surface area contributed by atoms with Gasteiger partial charge in [0.15, 0.2) is 11.0 Å². The predicted octanol–water partition coefficient (Wildman–Crippen LogP) is 3.16. The van der Waals surface area contributed by atoms with Crippen molar-refractivity contribution in [2.45, 2.75) is 12.1 Å². The summed E-state index contributed by atoms with van der Waals surface area (Å²) in [5.74, 6) is 0.000872. The molecule has 11 heteroatoms. The van der Waals surface area contributed by atoms with Crippen molar-refractivity contribution in [1.29, 1.82) is 0 Å². The maximum Gasteiger partial charge on any atom is 0.295 e. The van der Waals surface area contributed by atoms with Gasteiger partial charge in [0.1, 0.15) is 17.3 Å². The average Bonchev–Trinajstić information content (AvgIpc) is 3.20. The normalized spacial score (nSPS) is 10.8. The maximum atomic E-state index is 13.2. The largest absolute Gasteiger partial charge is 0.469 e. The van der Waals surface area contributed by atoms with E-state index < -0.39 is 22.3 Å². The number of nitrogens with one attached hydrogen (secondary N) is 1. The molecule has 0 aliphatic carbocycles. The highest BCUT2D eigenvalue weighted by Gasteiger charge is 2.19. The van der Waals surface area contributed by atoms with Crippen LogP contribution in [0.25, 0.3) is 11.4 Å². The third-order valence-corrected chi connectivity index (χ3v) is 4.72. The average molecular weight is 391 g/mol. The highest BCUT2D eigenvalue weighted by Crippen LogP contribution is 2.27. The van der Waals surface area contributed by atoms with Crippen molar-refractivity contribution in [2.24, 2.45) is 7.05 Å². The number of aromatic nitrogens is 3. The van der Waals surface area contributed by atoms with Crippen LogP contribution in [-0.4, -0.2) is 31.3 Å². The molecule has 0 unspecified atom stereocenters.